The number of hydrogen-bond acceptors (Lipinski definition) is 2. The molecule has 3 rings (SSSR count). The highest BCUT2D eigenvalue weighted by Crippen LogP contribution is 2.38. The minimum atomic E-state index is -0.127. The fraction of sp³-hybridized carbons (Fsp3) is 0.538. The highest BCUT2D eigenvalue weighted by atomic mass is 19.1. The van der Waals surface area contributed by atoms with E-state index in [1.54, 1.807) is 6.07 Å². The first-order chi connectivity index (χ1) is 7.74. The van der Waals surface area contributed by atoms with Crippen LogP contribution in [-0.4, -0.2) is 12.6 Å². The summed E-state index contributed by atoms with van der Waals surface area (Å²) in [4.78, 5) is 0. The van der Waals surface area contributed by atoms with Gasteiger partial charge in [-0.15, -0.1) is 0 Å². The number of benzene rings is 1. The van der Waals surface area contributed by atoms with Crippen molar-refractivity contribution in [3.63, 3.8) is 0 Å². The molecule has 3 heteroatoms. The lowest BCUT2D eigenvalue weighted by Gasteiger charge is -2.17. The fourth-order valence-corrected chi connectivity index (χ4v) is 2.43. The Hall–Kier alpha value is -1.25. The Morgan fingerprint density at radius 2 is 2.00 bits per heavy atom. The highest BCUT2D eigenvalue weighted by molar-refractivity contribution is 5.71. The third kappa shape index (κ3) is 1.75. The van der Waals surface area contributed by atoms with Crippen molar-refractivity contribution in [3.05, 3.63) is 23.5 Å². The smallest absolute Gasteiger partial charge is 0.128 e. The molecular formula is C13H17FN2. The zero-order valence-corrected chi connectivity index (χ0v) is 9.52. The van der Waals surface area contributed by atoms with Crippen LogP contribution < -0.4 is 10.6 Å². The molecule has 0 spiro atoms. The summed E-state index contributed by atoms with van der Waals surface area (Å²) in [5.74, 6) is 0.705. The van der Waals surface area contributed by atoms with E-state index in [4.69, 9.17) is 0 Å². The van der Waals surface area contributed by atoms with Crippen LogP contribution in [0, 0.1) is 18.7 Å². The van der Waals surface area contributed by atoms with Crippen molar-refractivity contribution in [1.82, 2.24) is 0 Å². The Kier molecular flexibility index (Phi) is 2.27. The lowest BCUT2D eigenvalue weighted by atomic mass is 10.1. The van der Waals surface area contributed by atoms with E-state index >= 15 is 0 Å². The number of anilines is 2. The van der Waals surface area contributed by atoms with Gasteiger partial charge in [0.1, 0.15) is 5.82 Å². The second-order valence-electron chi connectivity index (χ2n) is 4.95. The average Bonchev–Trinajstić information content (AvgIpc) is 3.04. The molecule has 0 radical (unpaired) electrons. The van der Waals surface area contributed by atoms with E-state index < -0.39 is 0 Å². The van der Waals surface area contributed by atoms with Crippen molar-refractivity contribution in [2.75, 3.05) is 17.2 Å². The predicted octanol–water partition coefficient (Wildman–Crippen LogP) is 3.14. The van der Waals surface area contributed by atoms with Crippen LogP contribution >= 0.6 is 0 Å². The Morgan fingerprint density at radius 3 is 2.75 bits per heavy atom. The van der Waals surface area contributed by atoms with Crippen LogP contribution in [-0.2, 0) is 0 Å². The Morgan fingerprint density at radius 1 is 1.19 bits per heavy atom. The average molecular weight is 220 g/mol. The van der Waals surface area contributed by atoms with Crippen LogP contribution in [0.2, 0.25) is 0 Å². The summed E-state index contributed by atoms with van der Waals surface area (Å²) in [7, 11) is 0. The van der Waals surface area contributed by atoms with Crippen LogP contribution in [0.5, 0.6) is 0 Å². The molecule has 1 aliphatic heterocycles. The first-order valence-electron chi connectivity index (χ1n) is 6.04. The lowest BCUT2D eigenvalue weighted by molar-refractivity contribution is 0.608. The highest BCUT2D eigenvalue weighted by Gasteiger charge is 2.32. The zero-order chi connectivity index (χ0) is 11.1. The van der Waals surface area contributed by atoms with Crippen molar-refractivity contribution in [3.8, 4) is 0 Å². The number of halogens is 1. The second-order valence-corrected chi connectivity index (χ2v) is 4.95. The molecule has 1 atom stereocenters. The van der Waals surface area contributed by atoms with E-state index in [0.29, 0.717) is 11.6 Å². The Bertz CT molecular complexity index is 413. The van der Waals surface area contributed by atoms with E-state index in [1.165, 1.54) is 12.8 Å². The third-order valence-electron chi connectivity index (χ3n) is 3.60. The summed E-state index contributed by atoms with van der Waals surface area (Å²) in [6.45, 7) is 2.75. The molecule has 2 aliphatic rings. The molecule has 1 fully saturated rings. The van der Waals surface area contributed by atoms with Crippen LogP contribution in [0.3, 0.4) is 0 Å². The summed E-state index contributed by atoms with van der Waals surface area (Å²) < 4.78 is 13.4. The van der Waals surface area contributed by atoms with Gasteiger partial charge < -0.3 is 10.6 Å². The Balaban J connectivity index is 1.92. The zero-order valence-electron chi connectivity index (χ0n) is 9.52. The first-order valence-corrected chi connectivity index (χ1v) is 6.04. The maximum absolute atomic E-state index is 13.4. The minimum absolute atomic E-state index is 0.127. The molecule has 0 saturated heterocycles. The van der Waals surface area contributed by atoms with Crippen LogP contribution in [0.1, 0.15) is 24.8 Å². The quantitative estimate of drug-likeness (QED) is 0.759. The van der Waals surface area contributed by atoms with Crippen molar-refractivity contribution in [2.45, 2.75) is 32.2 Å². The normalized spacial score (nSPS) is 24.0. The van der Waals surface area contributed by atoms with E-state index in [0.717, 1.165) is 30.3 Å². The van der Waals surface area contributed by atoms with E-state index in [2.05, 4.69) is 10.6 Å². The van der Waals surface area contributed by atoms with Gasteiger partial charge in [-0.3, -0.25) is 0 Å². The molecule has 0 amide bonds. The van der Waals surface area contributed by atoms with Gasteiger partial charge in [0.05, 0.1) is 11.4 Å². The van der Waals surface area contributed by atoms with E-state index in [-0.39, 0.29) is 5.82 Å². The molecule has 86 valence electrons. The van der Waals surface area contributed by atoms with Gasteiger partial charge in [-0.1, -0.05) is 0 Å². The number of hydrogen-bond donors (Lipinski definition) is 2. The van der Waals surface area contributed by atoms with Crippen LogP contribution in [0.15, 0.2) is 12.1 Å². The third-order valence-corrected chi connectivity index (χ3v) is 3.60. The number of rotatable bonds is 1. The first kappa shape index (κ1) is 9.94. The molecule has 2 nitrogen and oxygen atoms in total. The molecule has 1 saturated carbocycles. The summed E-state index contributed by atoms with van der Waals surface area (Å²) >= 11 is 0. The molecule has 1 unspecified atom stereocenters. The number of aryl methyl sites for hydroxylation is 1. The van der Waals surface area contributed by atoms with E-state index in [9.17, 15) is 4.39 Å². The van der Waals surface area contributed by atoms with Gasteiger partial charge in [0, 0.05) is 12.6 Å². The monoisotopic (exact) mass is 220 g/mol. The summed E-state index contributed by atoms with van der Waals surface area (Å²) in [6.07, 6.45) is 3.81. The number of fused-ring (bicyclic) bond motifs is 1. The molecule has 1 aliphatic carbocycles. The molecule has 2 N–H and O–H groups in total. The second kappa shape index (κ2) is 3.65. The van der Waals surface area contributed by atoms with Gasteiger partial charge in [0.15, 0.2) is 0 Å². The maximum atomic E-state index is 13.4. The van der Waals surface area contributed by atoms with Gasteiger partial charge >= 0.3 is 0 Å². The standard InChI is InChI=1S/C13H17FN2/c1-8-6-13-12(7-10(8)14)15-5-4-11(16-13)9-2-3-9/h6-7,9,11,15-16H,2-5H2,1H3. The SMILES string of the molecule is Cc1cc2c(cc1F)NCCC(C1CC1)N2. The molecule has 0 bridgehead atoms. The van der Waals surface area contributed by atoms with Gasteiger partial charge in [-0.25, -0.2) is 4.39 Å². The summed E-state index contributed by atoms with van der Waals surface area (Å²) in [5, 5.41) is 6.86. The van der Waals surface area contributed by atoms with Crippen molar-refractivity contribution >= 4 is 11.4 Å². The van der Waals surface area contributed by atoms with Gasteiger partial charge in [-0.05, 0) is 49.8 Å². The molecule has 1 heterocycles. The summed E-state index contributed by atoms with van der Waals surface area (Å²) in [5.41, 5.74) is 2.68. The van der Waals surface area contributed by atoms with Crippen LogP contribution in [0.4, 0.5) is 15.8 Å². The van der Waals surface area contributed by atoms with Crippen LogP contribution in [0.25, 0.3) is 0 Å². The molecule has 0 aromatic heterocycles. The molecule has 1 aromatic carbocycles. The van der Waals surface area contributed by atoms with Crippen molar-refractivity contribution in [2.24, 2.45) is 5.92 Å². The van der Waals surface area contributed by atoms with Gasteiger partial charge in [0.2, 0.25) is 0 Å². The van der Waals surface area contributed by atoms with E-state index in [1.807, 2.05) is 13.0 Å². The summed E-state index contributed by atoms with van der Waals surface area (Å²) in [6, 6.07) is 4.09. The Labute approximate surface area is 95.2 Å². The predicted molar refractivity (Wildman–Crippen MR) is 64.4 cm³/mol. The number of nitrogens with one attached hydrogen (secondary N) is 2. The largest absolute Gasteiger partial charge is 0.383 e. The fourth-order valence-electron chi connectivity index (χ4n) is 2.43. The molecular weight excluding hydrogens is 203 g/mol. The topological polar surface area (TPSA) is 24.1 Å². The van der Waals surface area contributed by atoms with Gasteiger partial charge in [0.25, 0.3) is 0 Å². The lowest BCUT2D eigenvalue weighted by Crippen LogP contribution is -2.21. The minimum Gasteiger partial charge on any atom is -0.383 e. The molecule has 16 heavy (non-hydrogen) atoms. The maximum Gasteiger partial charge on any atom is 0.128 e. The van der Waals surface area contributed by atoms with Crippen molar-refractivity contribution < 1.29 is 4.39 Å². The van der Waals surface area contributed by atoms with Crippen molar-refractivity contribution in [1.29, 1.82) is 0 Å². The van der Waals surface area contributed by atoms with Gasteiger partial charge in [-0.2, -0.15) is 0 Å². The molecule has 1 aromatic rings.